The molecule has 3 heteroatoms. The molecule has 106 valence electrons. The molecule has 0 radical (unpaired) electrons. The Morgan fingerprint density at radius 1 is 0.952 bits per heavy atom. The summed E-state index contributed by atoms with van der Waals surface area (Å²) in [6, 6.07) is 17.0. The number of thiazole rings is 1. The van der Waals surface area contributed by atoms with E-state index < -0.39 is 0 Å². The Balaban J connectivity index is 1.98. The molecule has 21 heavy (non-hydrogen) atoms. The topological polar surface area (TPSA) is 12.9 Å². The van der Waals surface area contributed by atoms with Crippen LogP contribution in [0.1, 0.15) is 17.4 Å². The van der Waals surface area contributed by atoms with Crippen LogP contribution in [0.3, 0.4) is 0 Å². The predicted molar refractivity (Wildman–Crippen MR) is 94.8 cm³/mol. The van der Waals surface area contributed by atoms with E-state index in [0.717, 1.165) is 21.6 Å². The molecule has 0 unspecified atom stereocenters. The first-order valence-corrected chi connectivity index (χ1v) is 8.61. The average molecular weight is 358 g/mol. The minimum absolute atomic E-state index is 1.07. The monoisotopic (exact) mass is 357 g/mol. The van der Waals surface area contributed by atoms with Crippen LogP contribution in [-0.4, -0.2) is 4.98 Å². The van der Waals surface area contributed by atoms with Crippen molar-refractivity contribution in [2.24, 2.45) is 0 Å². The summed E-state index contributed by atoms with van der Waals surface area (Å²) in [6.45, 7) is 4.31. The molecule has 0 fully saturated rings. The number of benzene rings is 2. The number of rotatable bonds is 3. The lowest BCUT2D eigenvalue weighted by Gasteiger charge is -2.00. The number of hydrogen-bond acceptors (Lipinski definition) is 2. The molecule has 0 aliphatic carbocycles. The summed E-state index contributed by atoms with van der Waals surface area (Å²) in [5.74, 6) is 0. The van der Waals surface area contributed by atoms with Crippen LogP contribution >= 0.6 is 27.3 Å². The molecular formula is C18H16BrNS. The molecule has 3 rings (SSSR count). The quantitative estimate of drug-likeness (QED) is 0.550. The fourth-order valence-corrected chi connectivity index (χ4v) is 3.48. The van der Waals surface area contributed by atoms with Gasteiger partial charge in [-0.25, -0.2) is 4.98 Å². The van der Waals surface area contributed by atoms with Crippen LogP contribution in [0.2, 0.25) is 0 Å². The Hall–Kier alpha value is -1.45. The van der Waals surface area contributed by atoms with Crippen molar-refractivity contribution in [3.63, 3.8) is 0 Å². The maximum absolute atomic E-state index is 4.84. The highest BCUT2D eigenvalue weighted by Gasteiger charge is 2.11. The lowest BCUT2D eigenvalue weighted by molar-refractivity contribution is 1.14. The summed E-state index contributed by atoms with van der Waals surface area (Å²) in [4.78, 5) is 6.10. The zero-order valence-electron chi connectivity index (χ0n) is 12.1. The summed E-state index contributed by atoms with van der Waals surface area (Å²) in [7, 11) is 0. The molecule has 0 aliphatic rings. The molecule has 0 atom stereocenters. The zero-order valence-corrected chi connectivity index (χ0v) is 14.5. The number of aryl methyl sites for hydroxylation is 2. The van der Waals surface area contributed by atoms with E-state index in [1.54, 1.807) is 11.3 Å². The van der Waals surface area contributed by atoms with Crippen molar-refractivity contribution >= 4 is 27.3 Å². The Kier molecular flexibility index (Phi) is 4.22. The van der Waals surface area contributed by atoms with Crippen LogP contribution in [-0.2, 0) is 6.42 Å². The normalized spacial score (nSPS) is 10.8. The molecule has 0 saturated heterocycles. The van der Waals surface area contributed by atoms with E-state index in [0.29, 0.717) is 0 Å². The van der Waals surface area contributed by atoms with Crippen LogP contribution in [0.4, 0.5) is 0 Å². The molecule has 0 bridgehead atoms. The molecule has 2 aromatic carbocycles. The molecule has 0 aliphatic heterocycles. The maximum Gasteiger partial charge on any atom is 0.124 e. The van der Waals surface area contributed by atoms with E-state index >= 15 is 0 Å². The largest absolute Gasteiger partial charge is 0.236 e. The lowest BCUT2D eigenvalue weighted by Crippen LogP contribution is -1.82. The van der Waals surface area contributed by atoms with Gasteiger partial charge in [-0.1, -0.05) is 59.3 Å². The van der Waals surface area contributed by atoms with Crippen molar-refractivity contribution in [3.8, 4) is 21.8 Å². The van der Waals surface area contributed by atoms with E-state index in [4.69, 9.17) is 4.98 Å². The first kappa shape index (κ1) is 14.5. The minimum Gasteiger partial charge on any atom is -0.236 e. The highest BCUT2D eigenvalue weighted by Crippen LogP contribution is 2.33. The highest BCUT2D eigenvalue weighted by atomic mass is 79.9. The molecular weight excluding hydrogens is 342 g/mol. The van der Waals surface area contributed by atoms with Crippen molar-refractivity contribution in [2.45, 2.75) is 20.3 Å². The van der Waals surface area contributed by atoms with Gasteiger partial charge < -0.3 is 0 Å². The third-order valence-electron chi connectivity index (χ3n) is 3.52. The lowest BCUT2D eigenvalue weighted by atomic mass is 10.1. The molecule has 0 saturated carbocycles. The molecule has 1 heterocycles. The van der Waals surface area contributed by atoms with Gasteiger partial charge in [0.15, 0.2) is 0 Å². The van der Waals surface area contributed by atoms with Gasteiger partial charge in [-0.2, -0.15) is 0 Å². The van der Waals surface area contributed by atoms with Gasteiger partial charge in [-0.05, 0) is 31.0 Å². The second-order valence-electron chi connectivity index (χ2n) is 4.98. The van der Waals surface area contributed by atoms with E-state index in [1.807, 2.05) is 0 Å². The zero-order chi connectivity index (χ0) is 14.8. The van der Waals surface area contributed by atoms with Crippen LogP contribution in [0, 0.1) is 6.92 Å². The van der Waals surface area contributed by atoms with E-state index in [-0.39, 0.29) is 0 Å². The van der Waals surface area contributed by atoms with Gasteiger partial charge in [0.1, 0.15) is 5.01 Å². The summed E-state index contributed by atoms with van der Waals surface area (Å²) >= 11 is 5.23. The van der Waals surface area contributed by atoms with E-state index in [2.05, 4.69) is 78.3 Å². The van der Waals surface area contributed by atoms with Gasteiger partial charge in [0, 0.05) is 20.5 Å². The molecule has 1 aromatic heterocycles. The fourth-order valence-electron chi connectivity index (χ4n) is 2.28. The van der Waals surface area contributed by atoms with Crippen molar-refractivity contribution < 1.29 is 0 Å². The van der Waals surface area contributed by atoms with Gasteiger partial charge in [0.2, 0.25) is 0 Å². The van der Waals surface area contributed by atoms with Crippen molar-refractivity contribution in [1.29, 1.82) is 0 Å². The second kappa shape index (κ2) is 6.12. The van der Waals surface area contributed by atoms with Crippen molar-refractivity contribution in [2.75, 3.05) is 0 Å². The highest BCUT2D eigenvalue weighted by molar-refractivity contribution is 9.10. The second-order valence-corrected chi connectivity index (χ2v) is 7.10. The maximum atomic E-state index is 4.84. The minimum atomic E-state index is 1.07. The Bertz CT molecular complexity index is 742. The molecule has 0 spiro atoms. The van der Waals surface area contributed by atoms with Crippen LogP contribution in [0.5, 0.6) is 0 Å². The third-order valence-corrected chi connectivity index (χ3v) is 5.07. The van der Waals surface area contributed by atoms with Crippen molar-refractivity contribution in [1.82, 2.24) is 4.98 Å². The first-order valence-electron chi connectivity index (χ1n) is 7.00. The average Bonchev–Trinajstić information content (AvgIpc) is 2.90. The fraction of sp³-hybridized carbons (Fsp3) is 0.167. The predicted octanol–water partition coefficient (Wildman–Crippen LogP) is 6.11. The van der Waals surface area contributed by atoms with Crippen LogP contribution < -0.4 is 0 Å². The van der Waals surface area contributed by atoms with Crippen molar-refractivity contribution in [3.05, 3.63) is 63.4 Å². The third kappa shape index (κ3) is 3.09. The van der Waals surface area contributed by atoms with E-state index in [9.17, 15) is 0 Å². The molecule has 0 amide bonds. The van der Waals surface area contributed by atoms with E-state index in [1.165, 1.54) is 21.6 Å². The number of nitrogens with zero attached hydrogens (tertiary/aromatic N) is 1. The standard InChI is InChI=1S/C18H16BrNS/c1-3-13-4-6-15(7-5-13)18-20-17(12(2)21-18)14-8-10-16(19)11-9-14/h4-11H,3H2,1-2H3. The smallest absolute Gasteiger partial charge is 0.124 e. The number of halogens is 1. The molecule has 1 nitrogen and oxygen atoms in total. The Labute approximate surface area is 137 Å². The van der Waals surface area contributed by atoms with Crippen LogP contribution in [0.25, 0.3) is 21.8 Å². The summed E-state index contributed by atoms with van der Waals surface area (Å²) < 4.78 is 1.09. The SMILES string of the molecule is CCc1ccc(-c2nc(-c3ccc(Br)cc3)c(C)s2)cc1. The van der Waals surface area contributed by atoms with Crippen LogP contribution in [0.15, 0.2) is 53.0 Å². The van der Waals surface area contributed by atoms with Gasteiger partial charge in [-0.3, -0.25) is 0 Å². The van der Waals surface area contributed by atoms with Gasteiger partial charge >= 0.3 is 0 Å². The van der Waals surface area contributed by atoms with Gasteiger partial charge in [0.25, 0.3) is 0 Å². The molecule has 3 aromatic rings. The molecule has 0 N–H and O–H groups in total. The summed E-state index contributed by atoms with van der Waals surface area (Å²) in [5, 5.41) is 1.09. The number of hydrogen-bond donors (Lipinski definition) is 0. The Morgan fingerprint density at radius 3 is 2.19 bits per heavy atom. The van der Waals surface area contributed by atoms with Gasteiger partial charge in [0.05, 0.1) is 5.69 Å². The number of aromatic nitrogens is 1. The summed E-state index contributed by atoms with van der Waals surface area (Å²) in [6.07, 6.45) is 1.07. The van der Waals surface area contributed by atoms with Gasteiger partial charge in [-0.15, -0.1) is 11.3 Å². The summed E-state index contributed by atoms with van der Waals surface area (Å²) in [5.41, 5.74) is 4.81. The first-order chi connectivity index (χ1) is 10.2. The Morgan fingerprint density at radius 2 is 1.57 bits per heavy atom.